The van der Waals surface area contributed by atoms with Crippen molar-refractivity contribution in [2.45, 2.75) is 12.5 Å². The number of carbonyl (C=O) groups is 3. The number of benzene rings is 1. The highest BCUT2D eigenvalue weighted by Gasteiger charge is 2.37. The van der Waals surface area contributed by atoms with Crippen LogP contribution < -0.4 is 0 Å². The molecule has 1 unspecified atom stereocenters. The Hall–Kier alpha value is -2.37. The third-order valence-electron chi connectivity index (χ3n) is 3.36. The van der Waals surface area contributed by atoms with Crippen LogP contribution in [0.15, 0.2) is 30.3 Å². The van der Waals surface area contributed by atoms with Gasteiger partial charge in [0.2, 0.25) is 5.91 Å². The van der Waals surface area contributed by atoms with Gasteiger partial charge in [0.15, 0.2) is 0 Å². The molecule has 0 aliphatic carbocycles. The highest BCUT2D eigenvalue weighted by molar-refractivity contribution is 5.99. The molecule has 0 radical (unpaired) electrons. The van der Waals surface area contributed by atoms with Crippen molar-refractivity contribution in [3.63, 3.8) is 0 Å². The molecule has 1 fully saturated rings. The topological polar surface area (TPSA) is 77.9 Å². The fourth-order valence-corrected chi connectivity index (χ4v) is 2.26. The number of likely N-dealkylation sites (N-methyl/N-ethyl adjacent to an activating group) is 1. The maximum Gasteiger partial charge on any atom is 0.305 e. The minimum Gasteiger partial charge on any atom is -0.481 e. The first kappa shape index (κ1) is 14.0. The summed E-state index contributed by atoms with van der Waals surface area (Å²) >= 11 is 0. The number of amides is 2. The lowest BCUT2D eigenvalue weighted by atomic mass is 10.1. The molecule has 0 bridgehead atoms. The number of carboxylic acids is 1. The van der Waals surface area contributed by atoms with E-state index in [0.29, 0.717) is 18.7 Å². The Balaban J connectivity index is 2.25. The van der Waals surface area contributed by atoms with Gasteiger partial charge in [0, 0.05) is 25.7 Å². The maximum atomic E-state index is 12.4. The van der Waals surface area contributed by atoms with Gasteiger partial charge in [-0.3, -0.25) is 14.4 Å². The van der Waals surface area contributed by atoms with Crippen LogP contribution in [-0.2, 0) is 9.59 Å². The van der Waals surface area contributed by atoms with E-state index >= 15 is 0 Å². The quantitative estimate of drug-likeness (QED) is 0.869. The summed E-state index contributed by atoms with van der Waals surface area (Å²) in [6.07, 6.45) is -0.373. The summed E-state index contributed by atoms with van der Waals surface area (Å²) in [6, 6.07) is 7.64. The second kappa shape index (κ2) is 5.73. The highest BCUT2D eigenvalue weighted by atomic mass is 16.4. The van der Waals surface area contributed by atoms with Crippen molar-refractivity contribution in [1.29, 1.82) is 0 Å². The molecule has 1 aliphatic rings. The SMILES string of the molecule is CN1CCN(C(=O)c2ccccc2)C(CC(=O)O)C1=O. The molecule has 0 spiro atoms. The first-order valence-corrected chi connectivity index (χ1v) is 6.33. The summed E-state index contributed by atoms with van der Waals surface area (Å²) in [4.78, 5) is 38.2. The fraction of sp³-hybridized carbons (Fsp3) is 0.357. The summed E-state index contributed by atoms with van der Waals surface area (Å²) in [7, 11) is 1.61. The largest absolute Gasteiger partial charge is 0.481 e. The van der Waals surface area contributed by atoms with Gasteiger partial charge in [0.25, 0.3) is 5.91 Å². The molecular weight excluding hydrogens is 260 g/mol. The van der Waals surface area contributed by atoms with Crippen LogP contribution in [0.1, 0.15) is 16.8 Å². The summed E-state index contributed by atoms with van der Waals surface area (Å²) in [5, 5.41) is 8.93. The summed E-state index contributed by atoms with van der Waals surface area (Å²) in [6.45, 7) is 0.751. The molecule has 0 aromatic heterocycles. The Bertz CT molecular complexity index is 529. The van der Waals surface area contributed by atoms with Crippen LogP contribution in [-0.4, -0.2) is 58.9 Å². The van der Waals surface area contributed by atoms with Gasteiger partial charge in [0.05, 0.1) is 6.42 Å². The molecule has 0 saturated carbocycles. The van der Waals surface area contributed by atoms with E-state index in [-0.39, 0.29) is 18.2 Å². The van der Waals surface area contributed by atoms with E-state index in [1.165, 1.54) is 9.80 Å². The Kier molecular flexibility index (Phi) is 4.02. The number of aliphatic carboxylic acids is 1. The lowest BCUT2D eigenvalue weighted by Gasteiger charge is -2.38. The van der Waals surface area contributed by atoms with Gasteiger partial charge in [-0.15, -0.1) is 0 Å². The Morgan fingerprint density at radius 3 is 2.50 bits per heavy atom. The molecule has 1 N–H and O–H groups in total. The molecule has 1 aromatic rings. The zero-order valence-electron chi connectivity index (χ0n) is 11.2. The molecular formula is C14H16N2O4. The predicted molar refractivity (Wildman–Crippen MR) is 71.2 cm³/mol. The van der Waals surface area contributed by atoms with Crippen molar-refractivity contribution < 1.29 is 19.5 Å². The number of nitrogens with zero attached hydrogens (tertiary/aromatic N) is 2. The summed E-state index contributed by atoms with van der Waals surface area (Å²) in [5.74, 6) is -1.73. The number of carboxylic acid groups (broad SMARTS) is 1. The molecule has 1 atom stereocenters. The van der Waals surface area contributed by atoms with Crippen LogP contribution in [0.3, 0.4) is 0 Å². The van der Waals surface area contributed by atoms with Gasteiger partial charge in [-0.2, -0.15) is 0 Å². The van der Waals surface area contributed by atoms with Crippen LogP contribution >= 0.6 is 0 Å². The summed E-state index contributed by atoms with van der Waals surface area (Å²) in [5.41, 5.74) is 0.459. The van der Waals surface area contributed by atoms with Crippen molar-refractivity contribution in [2.75, 3.05) is 20.1 Å². The van der Waals surface area contributed by atoms with Crippen LogP contribution in [0.4, 0.5) is 0 Å². The fourth-order valence-electron chi connectivity index (χ4n) is 2.26. The Labute approximate surface area is 116 Å². The monoisotopic (exact) mass is 276 g/mol. The zero-order chi connectivity index (χ0) is 14.7. The van der Waals surface area contributed by atoms with Crippen molar-refractivity contribution in [3.05, 3.63) is 35.9 Å². The molecule has 20 heavy (non-hydrogen) atoms. The molecule has 6 nitrogen and oxygen atoms in total. The van der Waals surface area contributed by atoms with Crippen LogP contribution in [0.25, 0.3) is 0 Å². The number of piperazine rings is 1. The standard InChI is InChI=1S/C14H16N2O4/c1-15-7-8-16(11(14(15)20)9-12(17)18)13(19)10-5-3-2-4-6-10/h2-6,11H,7-9H2,1H3,(H,17,18). The average molecular weight is 276 g/mol. The van der Waals surface area contributed by atoms with E-state index in [1.54, 1.807) is 37.4 Å². The molecule has 106 valence electrons. The molecule has 1 aliphatic heterocycles. The van der Waals surface area contributed by atoms with Crippen molar-refractivity contribution in [3.8, 4) is 0 Å². The van der Waals surface area contributed by atoms with Crippen LogP contribution in [0.2, 0.25) is 0 Å². The second-order valence-electron chi connectivity index (χ2n) is 4.74. The first-order valence-electron chi connectivity index (χ1n) is 6.33. The Morgan fingerprint density at radius 1 is 1.25 bits per heavy atom. The van der Waals surface area contributed by atoms with Crippen molar-refractivity contribution in [2.24, 2.45) is 0 Å². The molecule has 1 heterocycles. The number of hydrogen-bond donors (Lipinski definition) is 1. The van der Waals surface area contributed by atoms with Crippen molar-refractivity contribution >= 4 is 17.8 Å². The predicted octanol–water partition coefficient (Wildman–Crippen LogP) is 0.444. The maximum absolute atomic E-state index is 12.4. The van der Waals surface area contributed by atoms with E-state index in [2.05, 4.69) is 0 Å². The van der Waals surface area contributed by atoms with E-state index in [4.69, 9.17) is 5.11 Å². The van der Waals surface area contributed by atoms with Gasteiger partial charge < -0.3 is 14.9 Å². The number of hydrogen-bond acceptors (Lipinski definition) is 3. The van der Waals surface area contributed by atoms with Crippen molar-refractivity contribution in [1.82, 2.24) is 9.80 Å². The van der Waals surface area contributed by atoms with E-state index < -0.39 is 12.0 Å². The molecule has 1 saturated heterocycles. The molecule has 1 aromatic carbocycles. The first-order chi connectivity index (χ1) is 9.50. The van der Waals surface area contributed by atoms with E-state index in [1.807, 2.05) is 0 Å². The second-order valence-corrected chi connectivity index (χ2v) is 4.74. The van der Waals surface area contributed by atoms with E-state index in [9.17, 15) is 14.4 Å². The molecule has 6 heteroatoms. The van der Waals surface area contributed by atoms with Crippen LogP contribution in [0, 0.1) is 0 Å². The van der Waals surface area contributed by atoms with E-state index in [0.717, 1.165) is 0 Å². The highest BCUT2D eigenvalue weighted by Crippen LogP contribution is 2.17. The summed E-state index contributed by atoms with van der Waals surface area (Å²) < 4.78 is 0. The van der Waals surface area contributed by atoms with Gasteiger partial charge in [-0.05, 0) is 12.1 Å². The normalized spacial score (nSPS) is 19.1. The minimum absolute atomic E-state index is 0.307. The van der Waals surface area contributed by atoms with Gasteiger partial charge >= 0.3 is 5.97 Å². The third kappa shape index (κ3) is 2.79. The lowest BCUT2D eigenvalue weighted by molar-refractivity contribution is -0.146. The van der Waals surface area contributed by atoms with Gasteiger partial charge in [0.1, 0.15) is 6.04 Å². The number of rotatable bonds is 3. The van der Waals surface area contributed by atoms with Gasteiger partial charge in [-0.25, -0.2) is 0 Å². The van der Waals surface area contributed by atoms with Gasteiger partial charge in [-0.1, -0.05) is 18.2 Å². The number of carbonyl (C=O) groups excluding carboxylic acids is 2. The smallest absolute Gasteiger partial charge is 0.305 e. The average Bonchev–Trinajstić information content (AvgIpc) is 2.44. The van der Waals surface area contributed by atoms with Crippen LogP contribution in [0.5, 0.6) is 0 Å². The molecule has 2 amide bonds. The Morgan fingerprint density at radius 2 is 1.90 bits per heavy atom. The molecule has 2 rings (SSSR count). The lowest BCUT2D eigenvalue weighted by Crippen LogP contribution is -2.58. The third-order valence-corrected chi connectivity index (χ3v) is 3.36. The zero-order valence-corrected chi connectivity index (χ0v) is 11.2. The minimum atomic E-state index is -1.09.